The third-order valence-electron chi connectivity index (χ3n) is 5.90. The van der Waals surface area contributed by atoms with E-state index in [0.717, 1.165) is 6.42 Å². The van der Waals surface area contributed by atoms with E-state index in [2.05, 4.69) is 116 Å². The van der Waals surface area contributed by atoms with Gasteiger partial charge in [0.1, 0.15) is 0 Å². The molecule has 1 aliphatic rings. The van der Waals surface area contributed by atoms with Crippen LogP contribution >= 0.6 is 24.8 Å². The average Bonchev–Trinajstić information content (AvgIpc) is 3.26. The van der Waals surface area contributed by atoms with Gasteiger partial charge in [-0.3, -0.25) is 0 Å². The topological polar surface area (TPSA) is 9.23 Å². The van der Waals surface area contributed by atoms with Crippen LogP contribution in [0.3, 0.4) is 0 Å². The minimum absolute atomic E-state index is 0. The standard InChI is InChI=1S/C16H13.C13H11O.2ClH.Ti/c1-12-5-4-8-16(12)15-10-9-13-6-2-3-7-14(13)11-15;14-13(11-7-3-1-4-8-11)12-9-5-2-6-10-12;;;/h2-7,9-10H,8H2,1H3;1-10,13H;2*1H;/q;-1;;;+1. The molecular weight excluding hydrogens is 483 g/mol. The molecule has 4 aromatic rings. The second kappa shape index (κ2) is 11.8. The summed E-state index contributed by atoms with van der Waals surface area (Å²) in [6.07, 6.45) is 5.46. The summed E-state index contributed by atoms with van der Waals surface area (Å²) in [4.78, 5) is 0. The largest absolute Gasteiger partial charge is 0.147 e. The Bertz CT molecular complexity index is 1230. The predicted octanol–water partition coefficient (Wildman–Crippen LogP) is 7.85. The van der Waals surface area contributed by atoms with E-state index < -0.39 is 19.5 Å². The van der Waals surface area contributed by atoms with Gasteiger partial charge in [-0.15, -0.1) is 24.8 Å². The first kappa shape index (κ1) is 25.5. The summed E-state index contributed by atoms with van der Waals surface area (Å²) < 4.78 is 8.22. The zero-order valence-electron chi connectivity index (χ0n) is 18.4. The summed E-state index contributed by atoms with van der Waals surface area (Å²) in [5.74, 6) is 0. The molecule has 0 fully saturated rings. The molecule has 166 valence electrons. The first-order valence-corrected chi connectivity index (χ1v) is 12.1. The van der Waals surface area contributed by atoms with Gasteiger partial charge in [0.15, 0.2) is 0 Å². The van der Waals surface area contributed by atoms with Crippen molar-refractivity contribution in [2.24, 2.45) is 0 Å². The Balaban J connectivity index is 0.00000153. The molecule has 4 heteroatoms. The van der Waals surface area contributed by atoms with Crippen molar-refractivity contribution >= 4 is 45.0 Å². The van der Waals surface area contributed by atoms with Gasteiger partial charge in [-0.05, 0) is 0 Å². The third kappa shape index (κ3) is 5.52. The average molecular weight is 509 g/mol. The van der Waals surface area contributed by atoms with Gasteiger partial charge in [0.25, 0.3) is 0 Å². The van der Waals surface area contributed by atoms with Crippen molar-refractivity contribution in [1.82, 2.24) is 0 Å². The van der Waals surface area contributed by atoms with Gasteiger partial charge in [0.05, 0.1) is 0 Å². The zero-order valence-corrected chi connectivity index (χ0v) is 21.6. The molecule has 1 aliphatic carbocycles. The Kier molecular flexibility index (Phi) is 9.14. The normalized spacial score (nSPS) is 12.5. The van der Waals surface area contributed by atoms with Crippen LogP contribution < -0.4 is 3.87 Å². The molecule has 0 atom stereocenters. The van der Waals surface area contributed by atoms with Crippen LogP contribution in [0.5, 0.6) is 0 Å². The Morgan fingerprint density at radius 1 is 0.727 bits per heavy atom. The predicted molar refractivity (Wildman–Crippen MR) is 140 cm³/mol. The van der Waals surface area contributed by atoms with Crippen molar-refractivity contribution in [3.05, 3.63) is 131 Å². The van der Waals surface area contributed by atoms with Gasteiger partial charge in [0.2, 0.25) is 0 Å². The van der Waals surface area contributed by atoms with E-state index in [-0.39, 0.29) is 30.9 Å². The molecule has 0 spiro atoms. The summed E-state index contributed by atoms with van der Waals surface area (Å²) in [7, 11) is 0. The van der Waals surface area contributed by atoms with Crippen LogP contribution in [-0.2, 0) is 22.9 Å². The van der Waals surface area contributed by atoms with Crippen LogP contribution in [0.2, 0.25) is 0 Å². The number of rotatable bonds is 6. The van der Waals surface area contributed by atoms with Crippen LogP contribution in [0.1, 0.15) is 36.1 Å². The van der Waals surface area contributed by atoms with Crippen molar-refractivity contribution < 1.29 is 22.9 Å². The molecule has 0 bridgehead atoms. The second-order valence-electron chi connectivity index (χ2n) is 7.90. The van der Waals surface area contributed by atoms with Crippen molar-refractivity contribution in [2.45, 2.75) is 19.4 Å². The third-order valence-corrected chi connectivity index (χ3v) is 7.62. The van der Waals surface area contributed by atoms with Crippen molar-refractivity contribution in [3.8, 4) is 0 Å². The molecule has 1 nitrogen and oxygen atoms in total. The first-order chi connectivity index (χ1) is 15.3. The van der Waals surface area contributed by atoms with Gasteiger partial charge in [-0.25, -0.2) is 0 Å². The van der Waals surface area contributed by atoms with Crippen LogP contribution in [0.4, 0.5) is 0 Å². The molecule has 0 saturated carbocycles. The minimum Gasteiger partial charge on any atom is -0.147 e. The Labute approximate surface area is 217 Å². The van der Waals surface area contributed by atoms with E-state index in [1.807, 2.05) is 0 Å². The molecule has 0 aromatic heterocycles. The molecular formula is C29H26Cl2OTi. The fourth-order valence-electron chi connectivity index (χ4n) is 4.27. The molecule has 0 heterocycles. The minimum atomic E-state index is -0.858. The van der Waals surface area contributed by atoms with Crippen molar-refractivity contribution in [1.29, 1.82) is 0 Å². The monoisotopic (exact) mass is 508 g/mol. The molecule has 0 N–H and O–H groups in total. The van der Waals surface area contributed by atoms with Gasteiger partial charge in [-0.2, -0.15) is 0 Å². The van der Waals surface area contributed by atoms with Crippen molar-refractivity contribution in [3.63, 3.8) is 0 Å². The molecule has 5 rings (SSSR count). The van der Waals surface area contributed by atoms with Crippen LogP contribution in [0.25, 0.3) is 16.3 Å². The fraction of sp³-hybridized carbons (Fsp3) is 0.103. The Morgan fingerprint density at radius 3 is 1.94 bits per heavy atom. The summed E-state index contributed by atoms with van der Waals surface area (Å²) in [6, 6.07) is 34.4. The van der Waals surface area contributed by atoms with Gasteiger partial charge >= 0.3 is 194 Å². The Hall–Kier alpha value is -2.13. The van der Waals surface area contributed by atoms with E-state index >= 15 is 0 Å². The molecule has 0 aliphatic heterocycles. The summed E-state index contributed by atoms with van der Waals surface area (Å²) in [6.45, 7) is 2.22. The number of hydrogen-bond donors (Lipinski definition) is 0. The number of fused-ring (bicyclic) bond motifs is 1. The van der Waals surface area contributed by atoms with Gasteiger partial charge in [0, 0.05) is 0 Å². The van der Waals surface area contributed by atoms with Crippen LogP contribution in [0, 0.1) is 0 Å². The van der Waals surface area contributed by atoms with E-state index in [1.54, 1.807) is 0 Å². The number of hydrogen-bond acceptors (Lipinski definition) is 1. The first-order valence-electron chi connectivity index (χ1n) is 10.7. The molecule has 0 unspecified atom stereocenters. The molecule has 4 aromatic carbocycles. The van der Waals surface area contributed by atoms with Gasteiger partial charge < -0.3 is 0 Å². The second-order valence-corrected chi connectivity index (χ2v) is 9.37. The van der Waals surface area contributed by atoms with E-state index in [9.17, 15) is 0 Å². The molecule has 33 heavy (non-hydrogen) atoms. The maximum atomic E-state index is 6.83. The maximum absolute atomic E-state index is 6.83. The van der Waals surface area contributed by atoms with E-state index in [0.29, 0.717) is 0 Å². The smallest absolute Gasteiger partial charge is 0.147 e. The van der Waals surface area contributed by atoms with E-state index in [4.69, 9.17) is 3.32 Å². The fourth-order valence-corrected chi connectivity index (χ4v) is 6.13. The summed E-state index contributed by atoms with van der Waals surface area (Å²) >= 11 is -0.858. The maximum Gasteiger partial charge on any atom is -0.147 e. The summed E-state index contributed by atoms with van der Waals surface area (Å²) in [5, 5.41) is 2.61. The van der Waals surface area contributed by atoms with Crippen molar-refractivity contribution in [2.75, 3.05) is 0 Å². The van der Waals surface area contributed by atoms with Crippen LogP contribution in [-0.4, -0.2) is 0 Å². The number of halogens is 2. The summed E-state index contributed by atoms with van der Waals surface area (Å²) in [5.41, 5.74) is 6.57. The SMILES string of the molecule is CC1=C(c2ccc3ccccc3[c]2[Ti][O]C(c2ccccc2)c2ccccc2)CC=C1.Cl.Cl. The Morgan fingerprint density at radius 2 is 1.33 bits per heavy atom. The molecule has 0 saturated heterocycles. The molecule has 0 amide bonds. The number of benzene rings is 4. The molecule has 0 radical (unpaired) electrons. The van der Waals surface area contributed by atoms with E-state index in [1.165, 1.54) is 42.5 Å². The quantitative estimate of drug-likeness (QED) is 0.241. The number of allylic oxidation sites excluding steroid dienone is 4. The van der Waals surface area contributed by atoms with Gasteiger partial charge in [-0.1, -0.05) is 0 Å². The zero-order chi connectivity index (χ0) is 21.0. The van der Waals surface area contributed by atoms with Crippen LogP contribution in [0.15, 0.2) is 115 Å².